The molecule has 2 rings (SSSR count). The molecule has 0 spiro atoms. The average molecular weight is 354 g/mol. The second kappa shape index (κ2) is 9.85. The Hall–Kier alpha value is -2.49. The highest BCUT2D eigenvalue weighted by atomic mass is 16.1. The Morgan fingerprint density at radius 3 is 2.04 bits per heavy atom. The molecule has 0 fully saturated rings. The topological polar surface area (TPSA) is 44.4 Å². The largest absolute Gasteiger partial charge is 0.385 e. The summed E-state index contributed by atoms with van der Waals surface area (Å²) in [4.78, 5) is 14.4. The van der Waals surface area contributed by atoms with E-state index < -0.39 is 0 Å². The van der Waals surface area contributed by atoms with Gasteiger partial charge in [0.25, 0.3) is 0 Å². The Balaban J connectivity index is 1.78. The molecule has 0 aliphatic heterocycles. The van der Waals surface area contributed by atoms with Gasteiger partial charge in [0.2, 0.25) is 5.91 Å². The van der Waals surface area contributed by atoms with Gasteiger partial charge in [-0.3, -0.25) is 4.79 Å². The van der Waals surface area contributed by atoms with Crippen LogP contribution in [0.2, 0.25) is 0 Å². The van der Waals surface area contributed by atoms with E-state index >= 15 is 0 Å². The fraction of sp³-hybridized carbons (Fsp3) is 0.409. The molecule has 4 nitrogen and oxygen atoms in total. The summed E-state index contributed by atoms with van der Waals surface area (Å²) in [5.41, 5.74) is 4.39. The van der Waals surface area contributed by atoms with Crippen LogP contribution < -0.4 is 15.5 Å². The fourth-order valence-corrected chi connectivity index (χ4v) is 2.87. The van der Waals surface area contributed by atoms with Crippen LogP contribution in [0, 0.1) is 0 Å². The molecule has 0 bridgehead atoms. The number of carbonyl (C=O) groups is 1. The third kappa shape index (κ3) is 5.80. The maximum Gasteiger partial charge on any atom is 0.226 e. The smallest absolute Gasteiger partial charge is 0.226 e. The highest BCUT2D eigenvalue weighted by Crippen LogP contribution is 2.18. The monoisotopic (exact) mass is 353 g/mol. The number of anilines is 3. The molecule has 1 amide bonds. The van der Waals surface area contributed by atoms with E-state index in [1.54, 1.807) is 0 Å². The Morgan fingerprint density at radius 1 is 0.923 bits per heavy atom. The highest BCUT2D eigenvalue weighted by molar-refractivity contribution is 5.91. The molecule has 0 aromatic heterocycles. The van der Waals surface area contributed by atoms with Crippen molar-refractivity contribution in [3.63, 3.8) is 0 Å². The van der Waals surface area contributed by atoms with Crippen LogP contribution in [0.3, 0.4) is 0 Å². The summed E-state index contributed by atoms with van der Waals surface area (Å²) in [6.07, 6.45) is 0.434. The summed E-state index contributed by atoms with van der Waals surface area (Å²) in [6, 6.07) is 16.4. The van der Waals surface area contributed by atoms with Crippen molar-refractivity contribution in [3.8, 4) is 0 Å². The van der Waals surface area contributed by atoms with Crippen LogP contribution >= 0.6 is 0 Å². The number of hydrogen-bond donors (Lipinski definition) is 2. The minimum atomic E-state index is 0.0203. The SMILES string of the molecule is CCN(CC)c1ccc(NC(=O)CCNc2ccc(C(C)C)cc2)cc1. The average Bonchev–Trinajstić information content (AvgIpc) is 2.64. The molecule has 0 radical (unpaired) electrons. The van der Waals surface area contributed by atoms with Gasteiger partial charge in [-0.05, 0) is 61.7 Å². The second-order valence-corrected chi connectivity index (χ2v) is 6.72. The number of rotatable bonds is 9. The molecule has 2 aromatic carbocycles. The molecule has 0 atom stereocenters. The lowest BCUT2D eigenvalue weighted by Crippen LogP contribution is -2.21. The molecular weight excluding hydrogens is 322 g/mol. The standard InChI is InChI=1S/C22H31N3O/c1-5-25(6-2)21-13-11-20(12-14-21)24-22(26)15-16-23-19-9-7-18(8-10-19)17(3)4/h7-14,17,23H,5-6,15-16H2,1-4H3,(H,24,26). The van der Waals surface area contributed by atoms with E-state index in [2.05, 4.69) is 79.6 Å². The fourth-order valence-electron chi connectivity index (χ4n) is 2.87. The van der Waals surface area contributed by atoms with Gasteiger partial charge in [-0.15, -0.1) is 0 Å². The summed E-state index contributed by atoms with van der Waals surface area (Å²) < 4.78 is 0. The molecule has 26 heavy (non-hydrogen) atoms. The summed E-state index contributed by atoms with van der Waals surface area (Å²) in [7, 11) is 0. The first-order valence-electron chi connectivity index (χ1n) is 9.52. The van der Waals surface area contributed by atoms with Crippen molar-refractivity contribution in [2.24, 2.45) is 0 Å². The normalized spacial score (nSPS) is 10.7. The van der Waals surface area contributed by atoms with E-state index in [0.29, 0.717) is 18.9 Å². The maximum atomic E-state index is 12.1. The predicted octanol–water partition coefficient (Wildman–Crippen LogP) is 5.10. The lowest BCUT2D eigenvalue weighted by Gasteiger charge is -2.21. The van der Waals surface area contributed by atoms with Gasteiger partial charge in [-0.1, -0.05) is 26.0 Å². The predicted molar refractivity (Wildman–Crippen MR) is 112 cm³/mol. The van der Waals surface area contributed by atoms with Gasteiger partial charge in [0.15, 0.2) is 0 Å². The van der Waals surface area contributed by atoms with Crippen LogP contribution in [0.4, 0.5) is 17.1 Å². The zero-order valence-corrected chi connectivity index (χ0v) is 16.4. The van der Waals surface area contributed by atoms with Gasteiger partial charge in [-0.2, -0.15) is 0 Å². The van der Waals surface area contributed by atoms with E-state index in [4.69, 9.17) is 0 Å². The van der Waals surface area contributed by atoms with Crippen molar-refractivity contribution in [1.82, 2.24) is 0 Å². The number of hydrogen-bond acceptors (Lipinski definition) is 3. The van der Waals surface area contributed by atoms with Gasteiger partial charge < -0.3 is 15.5 Å². The first-order chi connectivity index (χ1) is 12.5. The molecule has 0 saturated heterocycles. The number of amides is 1. The molecule has 140 valence electrons. The van der Waals surface area contributed by atoms with E-state index in [1.165, 1.54) is 11.3 Å². The molecular formula is C22H31N3O. The molecule has 0 aliphatic rings. The molecule has 0 aliphatic carbocycles. The number of nitrogens with one attached hydrogen (secondary N) is 2. The first kappa shape index (κ1) is 19.8. The van der Waals surface area contributed by atoms with Crippen LogP contribution in [0.5, 0.6) is 0 Å². The van der Waals surface area contributed by atoms with Gasteiger partial charge in [0, 0.05) is 43.1 Å². The van der Waals surface area contributed by atoms with Crippen LogP contribution in [-0.2, 0) is 4.79 Å². The lowest BCUT2D eigenvalue weighted by atomic mass is 10.0. The van der Waals surface area contributed by atoms with Gasteiger partial charge in [0.05, 0.1) is 0 Å². The van der Waals surface area contributed by atoms with Crippen LogP contribution in [0.25, 0.3) is 0 Å². The number of carbonyl (C=O) groups excluding carboxylic acids is 1. The summed E-state index contributed by atoms with van der Waals surface area (Å²) in [5.74, 6) is 0.551. The van der Waals surface area contributed by atoms with Crippen molar-refractivity contribution in [2.75, 3.05) is 35.2 Å². The zero-order valence-electron chi connectivity index (χ0n) is 16.4. The first-order valence-corrected chi connectivity index (χ1v) is 9.52. The van der Waals surface area contributed by atoms with Gasteiger partial charge >= 0.3 is 0 Å². The van der Waals surface area contributed by atoms with Crippen molar-refractivity contribution in [3.05, 3.63) is 54.1 Å². The molecule has 2 N–H and O–H groups in total. The van der Waals surface area contributed by atoms with Gasteiger partial charge in [-0.25, -0.2) is 0 Å². The Morgan fingerprint density at radius 2 is 1.50 bits per heavy atom. The summed E-state index contributed by atoms with van der Waals surface area (Å²) >= 11 is 0. The van der Waals surface area contributed by atoms with E-state index in [-0.39, 0.29) is 5.91 Å². The molecule has 0 unspecified atom stereocenters. The molecule has 2 aromatic rings. The van der Waals surface area contributed by atoms with Gasteiger partial charge in [0.1, 0.15) is 0 Å². The lowest BCUT2D eigenvalue weighted by molar-refractivity contribution is -0.115. The Kier molecular flexibility index (Phi) is 7.52. The minimum absolute atomic E-state index is 0.0203. The van der Waals surface area contributed by atoms with E-state index in [1.807, 2.05) is 12.1 Å². The van der Waals surface area contributed by atoms with E-state index in [0.717, 1.165) is 24.5 Å². The third-order valence-electron chi connectivity index (χ3n) is 4.54. The van der Waals surface area contributed by atoms with Crippen molar-refractivity contribution >= 4 is 23.0 Å². The van der Waals surface area contributed by atoms with Crippen molar-refractivity contribution in [2.45, 2.75) is 40.0 Å². The number of nitrogens with zero attached hydrogens (tertiary/aromatic N) is 1. The minimum Gasteiger partial charge on any atom is -0.385 e. The van der Waals surface area contributed by atoms with Crippen molar-refractivity contribution in [1.29, 1.82) is 0 Å². The van der Waals surface area contributed by atoms with E-state index in [9.17, 15) is 4.79 Å². The summed E-state index contributed by atoms with van der Waals surface area (Å²) in [6.45, 7) is 11.2. The van der Waals surface area contributed by atoms with Crippen LogP contribution in [-0.4, -0.2) is 25.5 Å². The second-order valence-electron chi connectivity index (χ2n) is 6.72. The third-order valence-corrected chi connectivity index (χ3v) is 4.54. The Bertz CT molecular complexity index is 674. The zero-order chi connectivity index (χ0) is 18.9. The number of benzene rings is 2. The van der Waals surface area contributed by atoms with Crippen LogP contribution in [0.15, 0.2) is 48.5 Å². The highest BCUT2D eigenvalue weighted by Gasteiger charge is 2.05. The summed E-state index contributed by atoms with van der Waals surface area (Å²) in [5, 5.41) is 6.26. The Labute approximate surface area is 157 Å². The van der Waals surface area contributed by atoms with Crippen LogP contribution in [0.1, 0.15) is 45.6 Å². The molecule has 0 heterocycles. The molecule has 4 heteroatoms. The maximum absolute atomic E-state index is 12.1. The van der Waals surface area contributed by atoms with Crippen molar-refractivity contribution < 1.29 is 4.79 Å². The molecule has 0 saturated carbocycles. The quantitative estimate of drug-likeness (QED) is 0.659.